The van der Waals surface area contributed by atoms with E-state index in [4.69, 9.17) is 0 Å². The standard InChI is InChI=1S/C12H18N2/c1-3-6-12(14-8-4-2)11-7-5-9-13-10-11/h5-7,9-10,14H,3-4,8H2,1-2H3/b12-6+. The molecule has 0 aliphatic heterocycles. The molecular formula is C12H18N2. The number of nitrogens with one attached hydrogen (secondary N) is 1. The number of aromatic nitrogens is 1. The summed E-state index contributed by atoms with van der Waals surface area (Å²) in [6.45, 7) is 5.32. The number of hydrogen-bond donors (Lipinski definition) is 1. The minimum absolute atomic E-state index is 1.01. The van der Waals surface area contributed by atoms with Gasteiger partial charge in [-0.3, -0.25) is 4.98 Å². The molecule has 1 N–H and O–H groups in total. The second kappa shape index (κ2) is 6.19. The molecule has 0 unspecified atom stereocenters. The SMILES string of the molecule is CC/C=C(/NCCC)c1cccnc1. The van der Waals surface area contributed by atoms with Crippen molar-refractivity contribution in [3.63, 3.8) is 0 Å². The van der Waals surface area contributed by atoms with E-state index in [2.05, 4.69) is 36.3 Å². The lowest BCUT2D eigenvalue weighted by Gasteiger charge is -2.09. The zero-order chi connectivity index (χ0) is 10.2. The number of pyridine rings is 1. The number of allylic oxidation sites excluding steroid dienone is 1. The van der Waals surface area contributed by atoms with Crippen molar-refractivity contribution in [1.29, 1.82) is 0 Å². The molecule has 0 atom stereocenters. The van der Waals surface area contributed by atoms with Crippen molar-refractivity contribution in [2.75, 3.05) is 6.54 Å². The smallest absolute Gasteiger partial charge is 0.0388 e. The van der Waals surface area contributed by atoms with Gasteiger partial charge in [0.15, 0.2) is 0 Å². The molecule has 2 nitrogen and oxygen atoms in total. The summed E-state index contributed by atoms with van der Waals surface area (Å²) in [5, 5.41) is 3.41. The summed E-state index contributed by atoms with van der Waals surface area (Å²) < 4.78 is 0. The van der Waals surface area contributed by atoms with Crippen LogP contribution in [0.25, 0.3) is 5.70 Å². The van der Waals surface area contributed by atoms with E-state index in [1.807, 2.05) is 12.3 Å². The topological polar surface area (TPSA) is 24.9 Å². The van der Waals surface area contributed by atoms with Gasteiger partial charge in [0.25, 0.3) is 0 Å². The molecule has 1 aromatic rings. The summed E-state index contributed by atoms with van der Waals surface area (Å²) in [6.07, 6.45) is 8.08. The van der Waals surface area contributed by atoms with Crippen molar-refractivity contribution in [1.82, 2.24) is 10.3 Å². The molecule has 0 saturated heterocycles. The van der Waals surface area contributed by atoms with Gasteiger partial charge in [0.1, 0.15) is 0 Å². The van der Waals surface area contributed by atoms with Crippen LogP contribution in [0, 0.1) is 0 Å². The third kappa shape index (κ3) is 3.21. The van der Waals surface area contributed by atoms with Gasteiger partial charge in [0, 0.05) is 30.2 Å². The Morgan fingerprint density at radius 1 is 1.50 bits per heavy atom. The Bertz CT molecular complexity index is 278. The van der Waals surface area contributed by atoms with Gasteiger partial charge in [-0.05, 0) is 25.0 Å². The average molecular weight is 190 g/mol. The highest BCUT2D eigenvalue weighted by Crippen LogP contribution is 2.10. The van der Waals surface area contributed by atoms with E-state index >= 15 is 0 Å². The van der Waals surface area contributed by atoms with Crippen molar-refractivity contribution in [2.24, 2.45) is 0 Å². The maximum atomic E-state index is 4.12. The summed E-state index contributed by atoms with van der Waals surface area (Å²) in [4.78, 5) is 4.12. The first-order valence-corrected chi connectivity index (χ1v) is 5.23. The van der Waals surface area contributed by atoms with E-state index in [-0.39, 0.29) is 0 Å². The summed E-state index contributed by atoms with van der Waals surface area (Å²) in [7, 11) is 0. The summed E-state index contributed by atoms with van der Waals surface area (Å²) in [5.41, 5.74) is 2.37. The van der Waals surface area contributed by atoms with Crippen LogP contribution in [-0.4, -0.2) is 11.5 Å². The molecule has 0 spiro atoms. The lowest BCUT2D eigenvalue weighted by molar-refractivity contribution is 0.820. The summed E-state index contributed by atoms with van der Waals surface area (Å²) >= 11 is 0. The van der Waals surface area contributed by atoms with Crippen LogP contribution < -0.4 is 5.32 Å². The molecule has 0 amide bonds. The van der Waals surface area contributed by atoms with Crippen molar-refractivity contribution in [3.05, 3.63) is 36.2 Å². The number of rotatable bonds is 5. The van der Waals surface area contributed by atoms with Gasteiger partial charge in [-0.25, -0.2) is 0 Å². The molecule has 0 aliphatic carbocycles. The van der Waals surface area contributed by atoms with Crippen LogP contribution in [0.1, 0.15) is 32.3 Å². The number of hydrogen-bond acceptors (Lipinski definition) is 2. The predicted molar refractivity (Wildman–Crippen MR) is 60.8 cm³/mol. The van der Waals surface area contributed by atoms with Crippen molar-refractivity contribution >= 4 is 5.70 Å². The lowest BCUT2D eigenvalue weighted by Crippen LogP contribution is -2.13. The molecule has 14 heavy (non-hydrogen) atoms. The van der Waals surface area contributed by atoms with E-state index in [9.17, 15) is 0 Å². The molecule has 76 valence electrons. The van der Waals surface area contributed by atoms with Crippen molar-refractivity contribution in [3.8, 4) is 0 Å². The molecule has 0 radical (unpaired) electrons. The maximum absolute atomic E-state index is 4.12. The zero-order valence-corrected chi connectivity index (χ0v) is 8.96. The van der Waals surface area contributed by atoms with Gasteiger partial charge in [-0.2, -0.15) is 0 Å². The van der Waals surface area contributed by atoms with E-state index in [1.54, 1.807) is 6.20 Å². The van der Waals surface area contributed by atoms with Crippen molar-refractivity contribution < 1.29 is 0 Å². The van der Waals surface area contributed by atoms with Crippen LogP contribution in [0.5, 0.6) is 0 Å². The fraction of sp³-hybridized carbons (Fsp3) is 0.417. The quantitative estimate of drug-likeness (QED) is 0.772. The van der Waals surface area contributed by atoms with E-state index in [0.717, 1.165) is 19.4 Å². The van der Waals surface area contributed by atoms with Crippen LogP contribution in [0.4, 0.5) is 0 Å². The van der Waals surface area contributed by atoms with Crippen LogP contribution in [0.3, 0.4) is 0 Å². The Kier molecular flexibility index (Phi) is 4.76. The second-order valence-electron chi connectivity index (χ2n) is 3.19. The van der Waals surface area contributed by atoms with Gasteiger partial charge >= 0.3 is 0 Å². The highest BCUT2D eigenvalue weighted by molar-refractivity contribution is 5.62. The minimum Gasteiger partial charge on any atom is -0.385 e. The monoisotopic (exact) mass is 190 g/mol. The van der Waals surface area contributed by atoms with Gasteiger partial charge in [0.05, 0.1) is 0 Å². The van der Waals surface area contributed by atoms with Crippen LogP contribution in [0.2, 0.25) is 0 Å². The Balaban J connectivity index is 2.73. The first kappa shape index (κ1) is 10.8. The molecule has 1 rings (SSSR count). The lowest BCUT2D eigenvalue weighted by atomic mass is 10.2. The van der Waals surface area contributed by atoms with Crippen LogP contribution >= 0.6 is 0 Å². The maximum Gasteiger partial charge on any atom is 0.0388 e. The van der Waals surface area contributed by atoms with Crippen LogP contribution in [-0.2, 0) is 0 Å². The van der Waals surface area contributed by atoms with Crippen LogP contribution in [0.15, 0.2) is 30.6 Å². The number of nitrogens with zero attached hydrogens (tertiary/aromatic N) is 1. The zero-order valence-electron chi connectivity index (χ0n) is 8.96. The highest BCUT2D eigenvalue weighted by Gasteiger charge is 1.98. The van der Waals surface area contributed by atoms with E-state index < -0.39 is 0 Å². The first-order chi connectivity index (χ1) is 6.88. The molecule has 2 heteroatoms. The summed E-state index contributed by atoms with van der Waals surface area (Å²) in [5.74, 6) is 0. The average Bonchev–Trinajstić information content (AvgIpc) is 2.25. The fourth-order valence-electron chi connectivity index (χ4n) is 1.28. The van der Waals surface area contributed by atoms with E-state index in [0.29, 0.717) is 0 Å². The predicted octanol–water partition coefficient (Wildman–Crippen LogP) is 2.83. The Labute approximate surface area is 86.1 Å². The van der Waals surface area contributed by atoms with Crippen molar-refractivity contribution in [2.45, 2.75) is 26.7 Å². The molecule has 0 bridgehead atoms. The molecule has 1 aromatic heterocycles. The highest BCUT2D eigenvalue weighted by atomic mass is 14.9. The van der Waals surface area contributed by atoms with Gasteiger partial charge < -0.3 is 5.32 Å². The Hall–Kier alpha value is -1.31. The molecule has 0 saturated carbocycles. The summed E-state index contributed by atoms with van der Waals surface area (Å²) in [6, 6.07) is 4.05. The largest absolute Gasteiger partial charge is 0.385 e. The Morgan fingerprint density at radius 2 is 2.36 bits per heavy atom. The molecule has 0 fully saturated rings. The Morgan fingerprint density at radius 3 is 2.93 bits per heavy atom. The minimum atomic E-state index is 1.01. The second-order valence-corrected chi connectivity index (χ2v) is 3.19. The van der Waals surface area contributed by atoms with Gasteiger partial charge in [-0.1, -0.05) is 19.9 Å². The van der Waals surface area contributed by atoms with Gasteiger partial charge in [-0.15, -0.1) is 0 Å². The third-order valence-electron chi connectivity index (χ3n) is 1.95. The molecule has 1 heterocycles. The fourth-order valence-corrected chi connectivity index (χ4v) is 1.28. The third-order valence-corrected chi connectivity index (χ3v) is 1.95. The van der Waals surface area contributed by atoms with E-state index in [1.165, 1.54) is 11.3 Å². The first-order valence-electron chi connectivity index (χ1n) is 5.23. The normalized spacial score (nSPS) is 11.4. The molecule has 0 aliphatic rings. The molecular weight excluding hydrogens is 172 g/mol. The van der Waals surface area contributed by atoms with Gasteiger partial charge in [0.2, 0.25) is 0 Å². The molecule has 0 aromatic carbocycles.